The molecule has 1 aliphatic heterocycles. The Labute approximate surface area is 116 Å². The van der Waals surface area contributed by atoms with Gasteiger partial charge in [-0.05, 0) is 38.7 Å². The summed E-state index contributed by atoms with van der Waals surface area (Å²) in [6.45, 7) is 8.15. The van der Waals surface area contributed by atoms with E-state index in [0.717, 1.165) is 26.1 Å². The fourth-order valence-electron chi connectivity index (χ4n) is 2.40. The zero-order valence-electron chi connectivity index (χ0n) is 12.0. The van der Waals surface area contributed by atoms with Gasteiger partial charge < -0.3 is 15.1 Å². The van der Waals surface area contributed by atoms with Gasteiger partial charge in [0.25, 0.3) is 0 Å². The summed E-state index contributed by atoms with van der Waals surface area (Å²) < 4.78 is 0. The first-order valence-electron chi connectivity index (χ1n) is 7.36. The molecule has 1 aromatic heterocycles. The van der Waals surface area contributed by atoms with E-state index in [1.165, 1.54) is 38.3 Å². The monoisotopic (exact) mass is 262 g/mol. The predicted octanol–water partition coefficient (Wildman–Crippen LogP) is 0.851. The van der Waals surface area contributed by atoms with Gasteiger partial charge in [-0.25, -0.2) is 0 Å². The van der Waals surface area contributed by atoms with E-state index in [2.05, 4.69) is 39.3 Å². The summed E-state index contributed by atoms with van der Waals surface area (Å²) in [6.07, 6.45) is 4.19. The zero-order valence-corrected chi connectivity index (χ0v) is 12.0. The molecule has 0 spiro atoms. The molecule has 0 amide bonds. The highest BCUT2D eigenvalue weighted by Crippen LogP contribution is 1.98. The standard InChI is InChI=1S/C15H26N4/c1-18(11-6-15-5-2-3-8-17-15)13-14-19-10-4-7-16-9-12-19/h2-3,5,8,16H,4,6-7,9-14H2,1H3. The molecule has 4 heteroatoms. The minimum absolute atomic E-state index is 1.04. The van der Waals surface area contributed by atoms with Gasteiger partial charge in [0.2, 0.25) is 0 Å². The van der Waals surface area contributed by atoms with Crippen molar-refractivity contribution in [1.29, 1.82) is 0 Å². The topological polar surface area (TPSA) is 31.4 Å². The van der Waals surface area contributed by atoms with Crippen LogP contribution in [-0.2, 0) is 6.42 Å². The van der Waals surface area contributed by atoms with E-state index in [1.54, 1.807) is 0 Å². The highest BCUT2D eigenvalue weighted by Gasteiger charge is 2.09. The first-order valence-corrected chi connectivity index (χ1v) is 7.36. The molecule has 0 unspecified atom stereocenters. The maximum Gasteiger partial charge on any atom is 0.0416 e. The second-order valence-corrected chi connectivity index (χ2v) is 5.32. The number of hydrogen-bond acceptors (Lipinski definition) is 4. The van der Waals surface area contributed by atoms with Crippen LogP contribution in [-0.4, -0.2) is 67.6 Å². The summed E-state index contributed by atoms with van der Waals surface area (Å²) in [6, 6.07) is 6.14. The lowest BCUT2D eigenvalue weighted by Gasteiger charge is -2.23. The van der Waals surface area contributed by atoms with Crippen molar-refractivity contribution in [2.45, 2.75) is 12.8 Å². The quantitative estimate of drug-likeness (QED) is 0.824. The van der Waals surface area contributed by atoms with Crippen molar-refractivity contribution in [2.24, 2.45) is 0 Å². The lowest BCUT2D eigenvalue weighted by Crippen LogP contribution is -2.36. The van der Waals surface area contributed by atoms with Gasteiger partial charge in [0.15, 0.2) is 0 Å². The maximum absolute atomic E-state index is 4.37. The van der Waals surface area contributed by atoms with Crippen LogP contribution in [0.25, 0.3) is 0 Å². The molecule has 2 rings (SSSR count). The molecule has 1 saturated heterocycles. The van der Waals surface area contributed by atoms with Crippen LogP contribution in [0.4, 0.5) is 0 Å². The number of rotatable bonds is 6. The minimum Gasteiger partial charge on any atom is -0.315 e. The van der Waals surface area contributed by atoms with Crippen molar-refractivity contribution in [1.82, 2.24) is 20.1 Å². The molecular formula is C15H26N4. The Morgan fingerprint density at radius 3 is 3.05 bits per heavy atom. The zero-order chi connectivity index (χ0) is 13.3. The van der Waals surface area contributed by atoms with E-state index in [0.29, 0.717) is 0 Å². The minimum atomic E-state index is 1.04. The summed E-state index contributed by atoms with van der Waals surface area (Å²) in [5.74, 6) is 0. The largest absolute Gasteiger partial charge is 0.315 e. The van der Waals surface area contributed by atoms with Crippen LogP contribution in [0.3, 0.4) is 0 Å². The van der Waals surface area contributed by atoms with Crippen molar-refractivity contribution in [3.05, 3.63) is 30.1 Å². The smallest absolute Gasteiger partial charge is 0.0416 e. The molecule has 1 fully saturated rings. The Morgan fingerprint density at radius 2 is 2.21 bits per heavy atom. The van der Waals surface area contributed by atoms with E-state index in [4.69, 9.17) is 0 Å². The Bertz CT molecular complexity index is 333. The van der Waals surface area contributed by atoms with Crippen LogP contribution in [0.15, 0.2) is 24.4 Å². The van der Waals surface area contributed by atoms with Crippen LogP contribution < -0.4 is 5.32 Å². The van der Waals surface area contributed by atoms with E-state index >= 15 is 0 Å². The van der Waals surface area contributed by atoms with Crippen molar-refractivity contribution in [3.63, 3.8) is 0 Å². The molecule has 0 aromatic carbocycles. The Morgan fingerprint density at radius 1 is 1.26 bits per heavy atom. The number of likely N-dealkylation sites (N-methyl/N-ethyl adjacent to an activating group) is 1. The van der Waals surface area contributed by atoms with Gasteiger partial charge in [0.05, 0.1) is 0 Å². The van der Waals surface area contributed by atoms with Gasteiger partial charge in [-0.2, -0.15) is 0 Å². The fraction of sp³-hybridized carbons (Fsp3) is 0.667. The van der Waals surface area contributed by atoms with E-state index in [-0.39, 0.29) is 0 Å². The molecular weight excluding hydrogens is 236 g/mol. The molecule has 106 valence electrons. The highest BCUT2D eigenvalue weighted by molar-refractivity contribution is 5.03. The third-order valence-corrected chi connectivity index (χ3v) is 3.71. The maximum atomic E-state index is 4.37. The molecule has 4 nitrogen and oxygen atoms in total. The van der Waals surface area contributed by atoms with E-state index < -0.39 is 0 Å². The third-order valence-electron chi connectivity index (χ3n) is 3.71. The fourth-order valence-corrected chi connectivity index (χ4v) is 2.40. The van der Waals surface area contributed by atoms with Gasteiger partial charge in [0.1, 0.15) is 0 Å². The molecule has 0 bridgehead atoms. The van der Waals surface area contributed by atoms with Crippen LogP contribution in [0.2, 0.25) is 0 Å². The lowest BCUT2D eigenvalue weighted by molar-refractivity contribution is 0.236. The van der Waals surface area contributed by atoms with Gasteiger partial charge in [0, 0.05) is 51.0 Å². The molecule has 19 heavy (non-hydrogen) atoms. The summed E-state index contributed by atoms with van der Waals surface area (Å²) in [7, 11) is 2.21. The number of nitrogens with one attached hydrogen (secondary N) is 1. The van der Waals surface area contributed by atoms with Gasteiger partial charge >= 0.3 is 0 Å². The van der Waals surface area contributed by atoms with Crippen molar-refractivity contribution < 1.29 is 0 Å². The normalized spacial score (nSPS) is 17.6. The second-order valence-electron chi connectivity index (χ2n) is 5.32. The van der Waals surface area contributed by atoms with Gasteiger partial charge in [-0.15, -0.1) is 0 Å². The molecule has 0 radical (unpaired) electrons. The van der Waals surface area contributed by atoms with Crippen LogP contribution in [0.1, 0.15) is 12.1 Å². The Hall–Kier alpha value is -0.970. The summed E-state index contributed by atoms with van der Waals surface area (Å²) in [5.41, 5.74) is 1.19. The third kappa shape index (κ3) is 5.68. The molecule has 1 N–H and O–H groups in total. The molecule has 2 heterocycles. The number of pyridine rings is 1. The molecule has 1 aromatic rings. The van der Waals surface area contributed by atoms with E-state index in [1.807, 2.05) is 12.3 Å². The van der Waals surface area contributed by atoms with Gasteiger partial charge in [-0.1, -0.05) is 6.07 Å². The SMILES string of the molecule is CN(CCc1ccccn1)CCN1CCCNCC1. The van der Waals surface area contributed by atoms with Crippen LogP contribution >= 0.6 is 0 Å². The first kappa shape index (κ1) is 14.4. The summed E-state index contributed by atoms with van der Waals surface area (Å²) >= 11 is 0. The average molecular weight is 262 g/mol. The van der Waals surface area contributed by atoms with E-state index in [9.17, 15) is 0 Å². The number of hydrogen-bond donors (Lipinski definition) is 1. The van der Waals surface area contributed by atoms with Gasteiger partial charge in [-0.3, -0.25) is 4.98 Å². The number of nitrogens with zero attached hydrogens (tertiary/aromatic N) is 3. The summed E-state index contributed by atoms with van der Waals surface area (Å²) in [5, 5.41) is 3.45. The predicted molar refractivity (Wildman–Crippen MR) is 79.4 cm³/mol. The molecule has 0 saturated carbocycles. The highest BCUT2D eigenvalue weighted by atomic mass is 15.2. The average Bonchev–Trinajstić information content (AvgIpc) is 2.73. The summed E-state index contributed by atoms with van der Waals surface area (Å²) in [4.78, 5) is 9.34. The first-order chi connectivity index (χ1) is 9.34. The van der Waals surface area contributed by atoms with Crippen molar-refractivity contribution >= 4 is 0 Å². The molecule has 1 aliphatic rings. The molecule has 0 aliphatic carbocycles. The van der Waals surface area contributed by atoms with Crippen LogP contribution in [0, 0.1) is 0 Å². The Kier molecular flexibility index (Phi) is 6.27. The number of aromatic nitrogens is 1. The van der Waals surface area contributed by atoms with Crippen molar-refractivity contribution in [3.8, 4) is 0 Å². The Balaban J connectivity index is 1.62. The lowest BCUT2D eigenvalue weighted by atomic mass is 10.2. The second kappa shape index (κ2) is 8.25. The molecule has 0 atom stereocenters. The van der Waals surface area contributed by atoms with Crippen molar-refractivity contribution in [2.75, 3.05) is 52.9 Å². The van der Waals surface area contributed by atoms with Crippen LogP contribution in [0.5, 0.6) is 0 Å².